The third kappa shape index (κ3) is 3.43. The third-order valence-corrected chi connectivity index (χ3v) is 5.93. The van der Waals surface area contributed by atoms with Gasteiger partial charge in [0.25, 0.3) is 5.91 Å². The summed E-state index contributed by atoms with van der Waals surface area (Å²) in [6.45, 7) is 0. The Morgan fingerprint density at radius 3 is 2.52 bits per heavy atom. The molecular formula is C17H23NO2S. The lowest BCUT2D eigenvalue weighted by atomic mass is 9.81. The van der Waals surface area contributed by atoms with Crippen molar-refractivity contribution in [1.82, 2.24) is 5.32 Å². The van der Waals surface area contributed by atoms with Crippen molar-refractivity contribution in [3.8, 4) is 0 Å². The number of carbonyl (C=O) groups is 1. The fraction of sp³-hybridized carbons (Fsp3) is 0.588. The molecule has 1 atom stereocenters. The van der Waals surface area contributed by atoms with Crippen LogP contribution in [0.4, 0.5) is 0 Å². The predicted molar refractivity (Wildman–Crippen MR) is 86.5 cm³/mol. The number of amides is 1. The van der Waals surface area contributed by atoms with E-state index in [0.717, 1.165) is 31.4 Å². The normalized spacial score (nSPS) is 32.8. The summed E-state index contributed by atoms with van der Waals surface area (Å²) in [4.78, 5) is 12.2. The van der Waals surface area contributed by atoms with Crippen LogP contribution in [0.5, 0.6) is 0 Å². The Bertz CT molecular complexity index is 477. The van der Waals surface area contributed by atoms with Gasteiger partial charge in [0.2, 0.25) is 0 Å². The monoisotopic (exact) mass is 305 g/mol. The van der Waals surface area contributed by atoms with E-state index < -0.39 is 5.60 Å². The van der Waals surface area contributed by atoms with Gasteiger partial charge < -0.3 is 10.4 Å². The van der Waals surface area contributed by atoms with Gasteiger partial charge in [-0.3, -0.25) is 4.79 Å². The van der Waals surface area contributed by atoms with Crippen molar-refractivity contribution >= 4 is 17.7 Å². The largest absolute Gasteiger partial charge is 0.379 e. The smallest absolute Gasteiger partial charge is 0.253 e. The summed E-state index contributed by atoms with van der Waals surface area (Å²) in [5.74, 6) is 1.88. The second-order valence-electron chi connectivity index (χ2n) is 6.27. The van der Waals surface area contributed by atoms with Crippen LogP contribution < -0.4 is 5.32 Å². The van der Waals surface area contributed by atoms with E-state index >= 15 is 0 Å². The molecule has 1 saturated heterocycles. The molecule has 1 heterocycles. The minimum atomic E-state index is -1.12. The van der Waals surface area contributed by atoms with Gasteiger partial charge in [0, 0.05) is 11.8 Å². The second-order valence-corrected chi connectivity index (χ2v) is 7.37. The summed E-state index contributed by atoms with van der Waals surface area (Å²) >= 11 is 1.66. The Kier molecular flexibility index (Phi) is 4.55. The van der Waals surface area contributed by atoms with Gasteiger partial charge in [-0.2, -0.15) is 11.8 Å². The number of benzene rings is 1. The van der Waals surface area contributed by atoms with Gasteiger partial charge in [0.15, 0.2) is 5.60 Å². The molecule has 21 heavy (non-hydrogen) atoms. The highest BCUT2D eigenvalue weighted by Gasteiger charge is 2.40. The molecular weight excluding hydrogens is 282 g/mol. The molecule has 114 valence electrons. The molecule has 1 amide bonds. The first-order valence-corrected chi connectivity index (χ1v) is 8.99. The summed E-state index contributed by atoms with van der Waals surface area (Å²) in [7, 11) is 0. The van der Waals surface area contributed by atoms with E-state index in [1.54, 1.807) is 11.8 Å². The molecule has 2 fully saturated rings. The molecule has 1 aromatic rings. The Balaban J connectivity index is 1.51. The number of thioether (sulfide) groups is 1. The molecule has 4 heteroatoms. The van der Waals surface area contributed by atoms with Crippen molar-refractivity contribution in [3.05, 3.63) is 35.9 Å². The number of aliphatic hydroxyl groups is 1. The van der Waals surface area contributed by atoms with E-state index in [4.69, 9.17) is 0 Å². The van der Waals surface area contributed by atoms with Crippen molar-refractivity contribution in [2.75, 3.05) is 11.5 Å². The maximum Gasteiger partial charge on any atom is 0.253 e. The van der Waals surface area contributed by atoms with Gasteiger partial charge in [-0.25, -0.2) is 0 Å². The van der Waals surface area contributed by atoms with Crippen LogP contribution >= 0.6 is 11.8 Å². The van der Waals surface area contributed by atoms with Crippen molar-refractivity contribution in [3.63, 3.8) is 0 Å². The lowest BCUT2D eigenvalue weighted by Crippen LogP contribution is -2.51. The van der Waals surface area contributed by atoms with Crippen LogP contribution in [0.15, 0.2) is 30.3 Å². The molecule has 0 spiro atoms. The van der Waals surface area contributed by atoms with E-state index in [2.05, 4.69) is 35.6 Å². The molecule has 1 saturated carbocycles. The van der Waals surface area contributed by atoms with Gasteiger partial charge in [-0.05, 0) is 49.3 Å². The van der Waals surface area contributed by atoms with Gasteiger partial charge in [-0.1, -0.05) is 30.3 Å². The topological polar surface area (TPSA) is 49.3 Å². The minimum absolute atomic E-state index is 0.157. The van der Waals surface area contributed by atoms with Gasteiger partial charge in [-0.15, -0.1) is 0 Å². The zero-order valence-electron chi connectivity index (χ0n) is 12.3. The number of hydrogen-bond acceptors (Lipinski definition) is 3. The Morgan fingerprint density at radius 2 is 1.90 bits per heavy atom. The molecule has 0 bridgehead atoms. The SMILES string of the molecule is O=C(NC1CCC(c2ccccc2)CC1)C1(O)CCSC1. The van der Waals surface area contributed by atoms with Gasteiger partial charge in [0.1, 0.15) is 0 Å². The summed E-state index contributed by atoms with van der Waals surface area (Å²) in [5.41, 5.74) is 0.286. The average Bonchev–Trinajstić information content (AvgIpc) is 2.97. The second kappa shape index (κ2) is 6.41. The van der Waals surface area contributed by atoms with Crippen LogP contribution in [-0.2, 0) is 4.79 Å². The lowest BCUT2D eigenvalue weighted by molar-refractivity contribution is -0.138. The molecule has 1 aliphatic heterocycles. The fourth-order valence-corrected chi connectivity index (χ4v) is 4.59. The molecule has 3 nitrogen and oxygen atoms in total. The van der Waals surface area contributed by atoms with E-state index in [-0.39, 0.29) is 11.9 Å². The standard InChI is InChI=1S/C17H23NO2S/c19-16(17(20)10-11-21-12-17)18-15-8-6-14(7-9-15)13-4-2-1-3-5-13/h1-5,14-15,20H,6-12H2,(H,18,19). The van der Waals surface area contributed by atoms with Crippen molar-refractivity contribution in [1.29, 1.82) is 0 Å². The first-order chi connectivity index (χ1) is 10.2. The molecule has 3 rings (SSSR count). The van der Waals surface area contributed by atoms with Crippen LogP contribution in [0.1, 0.15) is 43.6 Å². The van der Waals surface area contributed by atoms with Crippen LogP contribution in [-0.4, -0.2) is 34.2 Å². The fourth-order valence-electron chi connectivity index (χ4n) is 3.35. The number of rotatable bonds is 3. The van der Waals surface area contributed by atoms with E-state index in [1.165, 1.54) is 5.56 Å². The molecule has 1 unspecified atom stereocenters. The summed E-state index contributed by atoms with van der Waals surface area (Å²) in [5, 5.41) is 13.4. The predicted octanol–water partition coefficient (Wildman–Crippen LogP) is 2.70. The number of carbonyl (C=O) groups excluding carboxylic acids is 1. The zero-order valence-corrected chi connectivity index (χ0v) is 13.1. The average molecular weight is 305 g/mol. The Hall–Kier alpha value is -1.00. The van der Waals surface area contributed by atoms with Crippen molar-refractivity contribution < 1.29 is 9.90 Å². The minimum Gasteiger partial charge on any atom is -0.379 e. The van der Waals surface area contributed by atoms with Crippen molar-refractivity contribution in [2.24, 2.45) is 0 Å². The van der Waals surface area contributed by atoms with Crippen LogP contribution in [0.25, 0.3) is 0 Å². The zero-order chi connectivity index (χ0) is 14.7. The molecule has 1 aliphatic carbocycles. The van der Waals surface area contributed by atoms with Gasteiger partial charge >= 0.3 is 0 Å². The highest BCUT2D eigenvalue weighted by Crippen LogP contribution is 2.33. The Labute approximate surface area is 130 Å². The maximum atomic E-state index is 12.2. The third-order valence-electron chi connectivity index (χ3n) is 4.76. The quantitative estimate of drug-likeness (QED) is 0.903. The van der Waals surface area contributed by atoms with Crippen LogP contribution in [0.3, 0.4) is 0 Å². The van der Waals surface area contributed by atoms with Crippen LogP contribution in [0, 0.1) is 0 Å². The highest BCUT2D eigenvalue weighted by atomic mass is 32.2. The Morgan fingerprint density at radius 1 is 1.19 bits per heavy atom. The first-order valence-electron chi connectivity index (χ1n) is 7.83. The maximum absolute atomic E-state index is 12.2. The number of hydrogen-bond donors (Lipinski definition) is 2. The lowest BCUT2D eigenvalue weighted by Gasteiger charge is -2.31. The van der Waals surface area contributed by atoms with E-state index in [1.807, 2.05) is 0 Å². The van der Waals surface area contributed by atoms with E-state index in [0.29, 0.717) is 18.1 Å². The van der Waals surface area contributed by atoms with E-state index in [9.17, 15) is 9.90 Å². The molecule has 0 aromatic heterocycles. The van der Waals surface area contributed by atoms with Crippen molar-refractivity contribution in [2.45, 2.75) is 49.7 Å². The molecule has 1 aromatic carbocycles. The summed E-state index contributed by atoms with van der Waals surface area (Å²) < 4.78 is 0. The molecule has 2 aliphatic rings. The summed E-state index contributed by atoms with van der Waals surface area (Å²) in [6.07, 6.45) is 4.83. The highest BCUT2D eigenvalue weighted by molar-refractivity contribution is 7.99. The van der Waals surface area contributed by atoms with Crippen LogP contribution in [0.2, 0.25) is 0 Å². The first kappa shape index (κ1) is 14.9. The molecule has 2 N–H and O–H groups in total. The summed E-state index contributed by atoms with van der Waals surface area (Å²) in [6, 6.07) is 10.9. The molecule has 0 radical (unpaired) electrons. The van der Waals surface area contributed by atoms with Gasteiger partial charge in [0.05, 0.1) is 0 Å². The number of nitrogens with one attached hydrogen (secondary N) is 1.